The van der Waals surface area contributed by atoms with E-state index in [1.807, 2.05) is 0 Å². The fraction of sp³-hybridized carbons (Fsp3) is 0.333. The maximum Gasteiger partial charge on any atom is 0.308 e. The van der Waals surface area contributed by atoms with Crippen LogP contribution in [0.3, 0.4) is 0 Å². The largest absolute Gasteiger partial charge is 0.466 e. The number of amides is 1. The Bertz CT molecular complexity index is 1540. The highest BCUT2D eigenvalue weighted by atomic mass is 35.5. The molecule has 0 heterocycles. The Hall–Kier alpha value is -2.69. The van der Waals surface area contributed by atoms with Gasteiger partial charge < -0.3 is 10.1 Å². The number of anilines is 1. The van der Waals surface area contributed by atoms with Gasteiger partial charge in [0.2, 0.25) is 10.0 Å². The van der Waals surface area contributed by atoms with Gasteiger partial charge in [-0.05, 0) is 86.6 Å². The van der Waals surface area contributed by atoms with Crippen LogP contribution in [-0.4, -0.2) is 37.8 Å². The van der Waals surface area contributed by atoms with Crippen LogP contribution >= 0.6 is 34.8 Å². The van der Waals surface area contributed by atoms with Gasteiger partial charge in [-0.3, -0.25) is 9.59 Å². The second-order valence-corrected chi connectivity index (χ2v) is 13.3. The molecule has 42 heavy (non-hydrogen) atoms. The van der Waals surface area contributed by atoms with Gasteiger partial charge in [-0.2, -0.15) is 4.31 Å². The summed E-state index contributed by atoms with van der Waals surface area (Å²) in [5, 5.41) is 3.28. The van der Waals surface area contributed by atoms with Gasteiger partial charge in [0.15, 0.2) is 0 Å². The zero-order valence-electron chi connectivity index (χ0n) is 22.8. The van der Waals surface area contributed by atoms with E-state index < -0.39 is 27.3 Å². The van der Waals surface area contributed by atoms with Crippen molar-refractivity contribution in [1.82, 2.24) is 4.31 Å². The molecule has 0 saturated heterocycles. The number of esters is 1. The Morgan fingerprint density at radius 2 is 1.69 bits per heavy atom. The van der Waals surface area contributed by atoms with Gasteiger partial charge in [-0.25, -0.2) is 12.8 Å². The van der Waals surface area contributed by atoms with Crippen molar-refractivity contribution >= 4 is 62.4 Å². The minimum absolute atomic E-state index is 0.00839. The second-order valence-electron chi connectivity index (χ2n) is 10.1. The molecule has 3 aromatic rings. The molecule has 7 nitrogen and oxygen atoms in total. The molecule has 0 aromatic heterocycles. The van der Waals surface area contributed by atoms with Gasteiger partial charge >= 0.3 is 5.97 Å². The number of carbonyl (C=O) groups excluding carboxylic acids is 2. The topological polar surface area (TPSA) is 92.8 Å². The maximum absolute atomic E-state index is 14.8. The highest BCUT2D eigenvalue weighted by molar-refractivity contribution is 7.89. The van der Waals surface area contributed by atoms with Gasteiger partial charge in [0.25, 0.3) is 5.91 Å². The summed E-state index contributed by atoms with van der Waals surface area (Å²) in [5.41, 5.74) is 0.400. The van der Waals surface area contributed by atoms with Gasteiger partial charge in [-0.15, -0.1) is 0 Å². The zero-order valence-corrected chi connectivity index (χ0v) is 25.9. The lowest BCUT2D eigenvalue weighted by atomic mass is 9.82. The lowest BCUT2D eigenvalue weighted by Gasteiger charge is -2.31. The summed E-state index contributed by atoms with van der Waals surface area (Å²) in [5.74, 6) is -2.21. The van der Waals surface area contributed by atoms with Gasteiger partial charge in [0.05, 0.1) is 38.7 Å². The normalized spacial score (nSPS) is 17.2. The van der Waals surface area contributed by atoms with Crippen molar-refractivity contribution in [2.24, 2.45) is 11.8 Å². The fourth-order valence-electron chi connectivity index (χ4n) is 4.95. The van der Waals surface area contributed by atoms with E-state index in [4.69, 9.17) is 39.5 Å². The minimum Gasteiger partial charge on any atom is -0.466 e. The number of hydrogen-bond donors (Lipinski definition) is 1. The molecule has 1 aliphatic carbocycles. The standard InChI is InChI=1S/C30H30Cl3FN2O5S/c1-2-41-30(38)21-10-6-19(7-11-21)17-36(18-20-8-12-22(31)13-9-20)42(39,40)23-14-15-26(34)24(16-23)29(37)35-27-5-3-4-25(32)28(27)33/h3-5,8-9,12-16,19,21H,2,6-7,10-11,17-18H2,1H3,(H,35,37). The molecule has 1 N–H and O–H groups in total. The monoisotopic (exact) mass is 654 g/mol. The van der Waals surface area contributed by atoms with Crippen molar-refractivity contribution < 1.29 is 27.1 Å². The van der Waals surface area contributed by atoms with Crippen LogP contribution in [0.1, 0.15) is 48.5 Å². The average Bonchev–Trinajstić information content (AvgIpc) is 2.96. The molecule has 0 unspecified atom stereocenters. The minimum atomic E-state index is -4.19. The van der Waals surface area contributed by atoms with Crippen LogP contribution < -0.4 is 5.32 Å². The van der Waals surface area contributed by atoms with Crippen LogP contribution in [-0.2, 0) is 26.1 Å². The number of hydrogen-bond acceptors (Lipinski definition) is 5. The Balaban J connectivity index is 1.60. The summed E-state index contributed by atoms with van der Waals surface area (Å²) in [6.07, 6.45) is 2.50. The molecule has 1 aliphatic rings. The first-order chi connectivity index (χ1) is 20.0. The SMILES string of the molecule is CCOC(=O)C1CCC(CN(Cc2ccc(Cl)cc2)S(=O)(=O)c2ccc(F)c(C(=O)Nc3cccc(Cl)c3Cl)c2)CC1. The van der Waals surface area contributed by atoms with Crippen LogP contribution in [0.4, 0.5) is 10.1 Å². The lowest BCUT2D eigenvalue weighted by molar-refractivity contribution is -0.149. The molecular weight excluding hydrogens is 626 g/mol. The molecule has 4 rings (SSSR count). The van der Waals surface area contributed by atoms with Gasteiger partial charge in [-0.1, -0.05) is 53.0 Å². The number of carbonyl (C=O) groups is 2. The smallest absolute Gasteiger partial charge is 0.308 e. The molecule has 0 radical (unpaired) electrons. The van der Waals surface area contributed by atoms with Crippen LogP contribution in [0.15, 0.2) is 65.6 Å². The Morgan fingerprint density at radius 1 is 1.00 bits per heavy atom. The molecular formula is C30H30Cl3FN2O5S. The molecule has 0 spiro atoms. The lowest BCUT2D eigenvalue weighted by Crippen LogP contribution is -2.37. The highest BCUT2D eigenvalue weighted by Gasteiger charge is 2.33. The van der Waals surface area contributed by atoms with Crippen molar-refractivity contribution in [2.75, 3.05) is 18.5 Å². The average molecular weight is 656 g/mol. The number of halogens is 4. The number of nitrogens with zero attached hydrogens (tertiary/aromatic N) is 1. The van der Waals surface area contributed by atoms with Crippen LogP contribution in [0.2, 0.25) is 15.1 Å². The first-order valence-electron chi connectivity index (χ1n) is 13.5. The second kappa shape index (κ2) is 14.2. The number of sulfonamides is 1. The van der Waals surface area contributed by atoms with E-state index in [0.29, 0.717) is 42.9 Å². The first kappa shape index (κ1) is 32.2. The van der Waals surface area contributed by atoms with Crippen molar-refractivity contribution in [1.29, 1.82) is 0 Å². The summed E-state index contributed by atoms with van der Waals surface area (Å²) in [7, 11) is -4.19. The summed E-state index contributed by atoms with van der Waals surface area (Å²) in [6.45, 7) is 2.29. The summed E-state index contributed by atoms with van der Waals surface area (Å²) in [4.78, 5) is 25.0. The van der Waals surface area contributed by atoms with E-state index >= 15 is 0 Å². The Labute approximate surface area is 260 Å². The molecule has 1 saturated carbocycles. The van der Waals surface area contributed by atoms with E-state index in [1.165, 1.54) is 16.4 Å². The molecule has 0 bridgehead atoms. The third kappa shape index (κ3) is 7.82. The van der Waals surface area contributed by atoms with Crippen LogP contribution in [0.5, 0.6) is 0 Å². The quantitative estimate of drug-likeness (QED) is 0.227. The van der Waals surface area contributed by atoms with E-state index in [0.717, 1.165) is 18.2 Å². The van der Waals surface area contributed by atoms with Crippen molar-refractivity contribution in [2.45, 2.75) is 44.0 Å². The first-order valence-corrected chi connectivity index (χ1v) is 16.0. The maximum atomic E-state index is 14.8. The number of nitrogens with one attached hydrogen (secondary N) is 1. The van der Waals surface area contributed by atoms with E-state index in [1.54, 1.807) is 37.3 Å². The molecule has 1 amide bonds. The molecule has 12 heteroatoms. The predicted molar refractivity (Wildman–Crippen MR) is 162 cm³/mol. The summed E-state index contributed by atoms with van der Waals surface area (Å²) < 4.78 is 49.3. The highest BCUT2D eigenvalue weighted by Crippen LogP contribution is 2.33. The molecule has 3 aromatic carbocycles. The predicted octanol–water partition coefficient (Wildman–Crippen LogP) is 7.60. The fourth-order valence-corrected chi connectivity index (χ4v) is 6.95. The van der Waals surface area contributed by atoms with Gasteiger partial charge in [0.1, 0.15) is 5.82 Å². The molecule has 1 fully saturated rings. The zero-order chi connectivity index (χ0) is 30.4. The van der Waals surface area contributed by atoms with E-state index in [-0.39, 0.29) is 51.5 Å². The van der Waals surface area contributed by atoms with Crippen LogP contribution in [0, 0.1) is 17.7 Å². The number of ether oxygens (including phenoxy) is 1. The van der Waals surface area contributed by atoms with Crippen molar-refractivity contribution in [3.63, 3.8) is 0 Å². The number of rotatable bonds is 10. The van der Waals surface area contributed by atoms with Crippen molar-refractivity contribution in [3.05, 3.63) is 92.7 Å². The molecule has 0 aliphatic heterocycles. The third-order valence-electron chi connectivity index (χ3n) is 7.22. The summed E-state index contributed by atoms with van der Waals surface area (Å²) >= 11 is 18.2. The van der Waals surface area contributed by atoms with E-state index in [2.05, 4.69) is 5.32 Å². The molecule has 224 valence electrons. The van der Waals surface area contributed by atoms with E-state index in [9.17, 15) is 22.4 Å². The Morgan fingerprint density at radius 3 is 2.36 bits per heavy atom. The molecule has 0 atom stereocenters. The summed E-state index contributed by atoms with van der Waals surface area (Å²) in [6, 6.07) is 14.5. The Kier molecular flexibility index (Phi) is 10.9. The van der Waals surface area contributed by atoms with Crippen molar-refractivity contribution in [3.8, 4) is 0 Å². The van der Waals surface area contributed by atoms with Crippen LogP contribution in [0.25, 0.3) is 0 Å². The van der Waals surface area contributed by atoms with Gasteiger partial charge in [0, 0.05) is 18.1 Å². The third-order valence-corrected chi connectivity index (χ3v) is 10.1. The number of benzene rings is 3.